The quantitative estimate of drug-likeness (QED) is 0.776. The highest BCUT2D eigenvalue weighted by Gasteiger charge is 2.15. The lowest BCUT2D eigenvalue weighted by Gasteiger charge is -2.19. The lowest BCUT2D eigenvalue weighted by atomic mass is 10.1. The summed E-state index contributed by atoms with van der Waals surface area (Å²) >= 11 is 0. The molecule has 0 saturated carbocycles. The van der Waals surface area contributed by atoms with E-state index in [4.69, 9.17) is 0 Å². The molecule has 5 nitrogen and oxygen atoms in total. The number of hydrogen-bond acceptors (Lipinski definition) is 3. The third kappa shape index (κ3) is 3.79. The molecule has 1 heterocycles. The molecule has 0 spiro atoms. The molecule has 0 fully saturated rings. The zero-order valence-corrected chi connectivity index (χ0v) is 14.0. The van der Waals surface area contributed by atoms with Crippen molar-refractivity contribution in [1.82, 2.24) is 4.98 Å². The molecule has 23 heavy (non-hydrogen) atoms. The number of pyridine rings is 1. The van der Waals surface area contributed by atoms with Crippen molar-refractivity contribution >= 4 is 16.9 Å². The van der Waals surface area contributed by atoms with Gasteiger partial charge in [-0.3, -0.25) is 4.79 Å². The van der Waals surface area contributed by atoms with Crippen molar-refractivity contribution in [3.63, 3.8) is 0 Å². The van der Waals surface area contributed by atoms with E-state index in [-0.39, 0.29) is 11.0 Å². The maximum atomic E-state index is 12.8. The van der Waals surface area contributed by atoms with Crippen LogP contribution < -0.4 is 15.4 Å². The summed E-state index contributed by atoms with van der Waals surface area (Å²) in [6.45, 7) is 8.87. The van der Waals surface area contributed by atoms with E-state index in [1.165, 1.54) is 17.0 Å². The van der Waals surface area contributed by atoms with Crippen molar-refractivity contribution in [2.75, 3.05) is 13.1 Å². The Kier molecular flexibility index (Phi) is 5.55. The molecule has 124 valence electrons. The smallest absolute Gasteiger partial charge is 0.198 e. The fraction of sp³-hybridized carbons (Fsp3) is 0.444. The minimum Gasteiger partial charge on any atom is -0.545 e. The maximum Gasteiger partial charge on any atom is 0.198 e. The highest BCUT2D eigenvalue weighted by Crippen LogP contribution is 2.13. The molecule has 0 bridgehead atoms. The van der Waals surface area contributed by atoms with Crippen LogP contribution in [0, 0.1) is 6.92 Å². The van der Waals surface area contributed by atoms with Crippen molar-refractivity contribution < 1.29 is 14.8 Å². The molecule has 0 aliphatic heterocycles. The predicted octanol–water partition coefficient (Wildman–Crippen LogP) is 0.405. The second kappa shape index (κ2) is 7.42. The van der Waals surface area contributed by atoms with Gasteiger partial charge in [0.2, 0.25) is 0 Å². The second-order valence-corrected chi connectivity index (χ2v) is 6.03. The molecule has 0 atom stereocenters. The number of benzene rings is 1. The van der Waals surface area contributed by atoms with Gasteiger partial charge in [0.05, 0.1) is 24.6 Å². The van der Waals surface area contributed by atoms with E-state index in [1.807, 2.05) is 6.92 Å². The fourth-order valence-corrected chi connectivity index (χ4v) is 3.05. The summed E-state index contributed by atoms with van der Waals surface area (Å²) in [7, 11) is 0. The van der Waals surface area contributed by atoms with Crippen molar-refractivity contribution in [1.29, 1.82) is 0 Å². The van der Waals surface area contributed by atoms with Crippen molar-refractivity contribution in [2.24, 2.45) is 0 Å². The van der Waals surface area contributed by atoms with E-state index < -0.39 is 5.97 Å². The van der Waals surface area contributed by atoms with Crippen molar-refractivity contribution in [3.8, 4) is 0 Å². The predicted molar refractivity (Wildman–Crippen MR) is 88.6 cm³/mol. The van der Waals surface area contributed by atoms with Crippen LogP contribution in [0.2, 0.25) is 0 Å². The van der Waals surface area contributed by atoms with E-state index in [1.54, 1.807) is 6.07 Å². The highest BCUT2D eigenvalue weighted by atomic mass is 16.4. The number of carbonyl (C=O) groups excluding carboxylic acids is 1. The van der Waals surface area contributed by atoms with Gasteiger partial charge in [0.1, 0.15) is 6.54 Å². The summed E-state index contributed by atoms with van der Waals surface area (Å²) in [5.41, 5.74) is 2.21. The number of aromatic carboxylic acids is 1. The Labute approximate surface area is 135 Å². The van der Waals surface area contributed by atoms with Gasteiger partial charge in [0, 0.05) is 16.6 Å². The minimum atomic E-state index is -1.27. The summed E-state index contributed by atoms with van der Waals surface area (Å²) in [6.07, 6.45) is 2.13. The maximum absolute atomic E-state index is 12.8. The minimum absolute atomic E-state index is 0.0316. The van der Waals surface area contributed by atoms with Crippen LogP contribution >= 0.6 is 0 Å². The number of hydrogen-bond donors (Lipinski definition) is 2. The molecule has 5 heteroatoms. The summed E-state index contributed by atoms with van der Waals surface area (Å²) in [6, 6.07) is 4.49. The van der Waals surface area contributed by atoms with Crippen LogP contribution in [0.3, 0.4) is 0 Å². The Bertz CT molecular complexity index is 759. The van der Waals surface area contributed by atoms with Crippen molar-refractivity contribution in [3.05, 3.63) is 45.2 Å². The summed E-state index contributed by atoms with van der Waals surface area (Å²) < 4.78 is 0. The van der Waals surface area contributed by atoms with Crippen LogP contribution in [-0.2, 0) is 6.54 Å². The Balaban J connectivity index is 2.50. The van der Waals surface area contributed by atoms with Gasteiger partial charge in [-0.2, -0.15) is 0 Å². The fourth-order valence-electron chi connectivity index (χ4n) is 3.05. The van der Waals surface area contributed by atoms with Crippen LogP contribution in [0.25, 0.3) is 10.9 Å². The molecule has 1 aromatic carbocycles. The Morgan fingerprint density at radius 2 is 1.87 bits per heavy atom. The van der Waals surface area contributed by atoms with E-state index in [0.717, 1.165) is 37.2 Å². The number of aryl methyl sites for hydroxylation is 1. The number of H-pyrrole nitrogens is 1. The molecule has 0 saturated heterocycles. The zero-order chi connectivity index (χ0) is 17.0. The molecular weight excluding hydrogens is 292 g/mol. The van der Waals surface area contributed by atoms with Crippen molar-refractivity contribution in [2.45, 2.75) is 40.2 Å². The Hall–Kier alpha value is -2.14. The van der Waals surface area contributed by atoms with Gasteiger partial charge in [-0.25, -0.2) is 0 Å². The highest BCUT2D eigenvalue weighted by molar-refractivity contribution is 5.92. The lowest BCUT2D eigenvalue weighted by molar-refractivity contribution is -0.914. The largest absolute Gasteiger partial charge is 0.545 e. The Morgan fingerprint density at radius 1 is 1.22 bits per heavy atom. The summed E-state index contributed by atoms with van der Waals surface area (Å²) in [4.78, 5) is 28.5. The summed E-state index contributed by atoms with van der Waals surface area (Å²) in [5.74, 6) is -1.27. The molecule has 2 aromatic rings. The molecule has 1 aromatic heterocycles. The number of nitrogens with one attached hydrogen (secondary N) is 2. The Morgan fingerprint density at radius 3 is 2.43 bits per heavy atom. The number of carboxylic acids is 1. The number of rotatable bonds is 7. The molecule has 0 unspecified atom stereocenters. The normalized spacial score (nSPS) is 11.3. The van der Waals surface area contributed by atoms with Crippen LogP contribution in [0.15, 0.2) is 23.0 Å². The van der Waals surface area contributed by atoms with Gasteiger partial charge in [-0.1, -0.05) is 19.9 Å². The van der Waals surface area contributed by atoms with Crippen LogP contribution in [0.4, 0.5) is 0 Å². The number of carboxylic acid groups (broad SMARTS) is 1. The van der Waals surface area contributed by atoms with E-state index in [0.29, 0.717) is 17.4 Å². The van der Waals surface area contributed by atoms with Crippen LogP contribution in [0.5, 0.6) is 0 Å². The molecule has 2 N–H and O–H groups in total. The van der Waals surface area contributed by atoms with E-state index in [9.17, 15) is 14.7 Å². The molecule has 2 rings (SSSR count). The standard InChI is InChI=1S/C18H24N2O3/c1-4-8-20(9-5-2)11-15-12(3)19-16-7-6-13(18(22)23)10-14(16)17(15)21/h6-7,10H,4-5,8-9,11H2,1-3H3,(H,19,21)(H,22,23). The number of aromatic amines is 1. The third-order valence-corrected chi connectivity index (χ3v) is 4.18. The monoisotopic (exact) mass is 316 g/mol. The lowest BCUT2D eigenvalue weighted by Crippen LogP contribution is -3.10. The first kappa shape index (κ1) is 17.2. The molecule has 0 aliphatic carbocycles. The van der Waals surface area contributed by atoms with Gasteiger partial charge in [-0.15, -0.1) is 0 Å². The number of carbonyl (C=O) groups is 1. The first-order valence-corrected chi connectivity index (χ1v) is 8.18. The van der Waals surface area contributed by atoms with Gasteiger partial charge in [0.25, 0.3) is 0 Å². The average molecular weight is 316 g/mol. The number of quaternary nitrogens is 1. The van der Waals surface area contributed by atoms with Crippen LogP contribution in [0.1, 0.15) is 48.3 Å². The second-order valence-electron chi connectivity index (χ2n) is 6.03. The van der Waals surface area contributed by atoms with Gasteiger partial charge in [0.15, 0.2) is 5.43 Å². The SMILES string of the molecule is CCC[NH+](CCC)Cc1c(C)[nH]c2ccc(C(=O)[O-])cc2c1=O. The van der Waals surface area contributed by atoms with Gasteiger partial charge >= 0.3 is 0 Å². The van der Waals surface area contributed by atoms with E-state index >= 15 is 0 Å². The van der Waals surface area contributed by atoms with Gasteiger partial charge < -0.3 is 19.8 Å². The topological polar surface area (TPSA) is 77.4 Å². The number of fused-ring (bicyclic) bond motifs is 1. The molecule has 0 amide bonds. The van der Waals surface area contributed by atoms with Crippen LogP contribution in [-0.4, -0.2) is 24.0 Å². The van der Waals surface area contributed by atoms with E-state index in [2.05, 4.69) is 18.8 Å². The molecule has 0 radical (unpaired) electrons. The first-order chi connectivity index (χ1) is 11.0. The third-order valence-electron chi connectivity index (χ3n) is 4.18. The average Bonchev–Trinajstić information content (AvgIpc) is 2.51. The molecule has 0 aliphatic rings. The number of aromatic nitrogens is 1. The molecular formula is C18H24N2O3. The van der Waals surface area contributed by atoms with Gasteiger partial charge in [-0.05, 0) is 37.5 Å². The first-order valence-electron chi connectivity index (χ1n) is 8.18. The zero-order valence-electron chi connectivity index (χ0n) is 14.0. The summed E-state index contributed by atoms with van der Waals surface area (Å²) in [5, 5.41) is 11.4.